The summed E-state index contributed by atoms with van der Waals surface area (Å²) in [5, 5.41) is 7.33. The molecule has 1 aromatic heterocycles. The van der Waals surface area contributed by atoms with Gasteiger partial charge in [-0.25, -0.2) is 4.98 Å². The standard InChI is InChI=1S/C22H30ClN5OS/c1-3-24-22(25-9-5-8-20-26-17(2)16-30-20)28-12-10-27(11-13-28)21(29)15-18-6-4-7-19(23)14-18/h4,6-7,14,16H,3,5,8-13,15H2,1-2H3,(H,24,25). The molecule has 8 heteroatoms. The van der Waals surface area contributed by atoms with Gasteiger partial charge in [0, 0.05) is 61.8 Å². The predicted octanol–water partition coefficient (Wildman–Crippen LogP) is 3.39. The number of halogens is 1. The molecule has 0 aliphatic carbocycles. The lowest BCUT2D eigenvalue weighted by molar-refractivity contribution is -0.131. The summed E-state index contributed by atoms with van der Waals surface area (Å²) in [6, 6.07) is 7.52. The van der Waals surface area contributed by atoms with Gasteiger partial charge >= 0.3 is 0 Å². The van der Waals surface area contributed by atoms with Crippen LogP contribution >= 0.6 is 22.9 Å². The van der Waals surface area contributed by atoms with Gasteiger partial charge in [0.25, 0.3) is 0 Å². The van der Waals surface area contributed by atoms with E-state index in [0.717, 1.165) is 56.2 Å². The highest BCUT2D eigenvalue weighted by atomic mass is 35.5. The fourth-order valence-corrected chi connectivity index (χ4v) is 4.49. The Balaban J connectivity index is 1.47. The van der Waals surface area contributed by atoms with Crippen LogP contribution in [-0.2, 0) is 17.6 Å². The second-order valence-corrected chi connectivity index (χ2v) is 8.78. The van der Waals surface area contributed by atoms with E-state index >= 15 is 0 Å². The van der Waals surface area contributed by atoms with E-state index in [0.29, 0.717) is 24.5 Å². The molecule has 6 nitrogen and oxygen atoms in total. The van der Waals surface area contributed by atoms with Crippen molar-refractivity contribution in [3.63, 3.8) is 0 Å². The lowest BCUT2D eigenvalue weighted by Crippen LogP contribution is -2.54. The van der Waals surface area contributed by atoms with Crippen LogP contribution in [0.5, 0.6) is 0 Å². The van der Waals surface area contributed by atoms with Crippen molar-refractivity contribution in [1.82, 2.24) is 20.1 Å². The van der Waals surface area contributed by atoms with Crippen LogP contribution in [0.4, 0.5) is 0 Å². The molecule has 1 aliphatic heterocycles. The van der Waals surface area contributed by atoms with Gasteiger partial charge in [-0.3, -0.25) is 9.79 Å². The Labute approximate surface area is 188 Å². The molecule has 0 atom stereocenters. The first-order chi connectivity index (χ1) is 14.5. The van der Waals surface area contributed by atoms with Crippen LogP contribution < -0.4 is 5.32 Å². The van der Waals surface area contributed by atoms with Crippen molar-refractivity contribution >= 4 is 34.8 Å². The number of aliphatic imine (C=N–C) groups is 1. The lowest BCUT2D eigenvalue weighted by atomic mass is 10.1. The van der Waals surface area contributed by atoms with E-state index in [2.05, 4.69) is 27.5 Å². The number of hydrogen-bond acceptors (Lipinski definition) is 4. The molecule has 0 saturated carbocycles. The Bertz CT molecular complexity index is 861. The van der Waals surface area contributed by atoms with E-state index in [1.807, 2.05) is 36.1 Å². The number of carbonyl (C=O) groups excluding carboxylic acids is 1. The van der Waals surface area contributed by atoms with E-state index < -0.39 is 0 Å². The maximum Gasteiger partial charge on any atom is 0.227 e. The van der Waals surface area contributed by atoms with Crippen LogP contribution in [0.2, 0.25) is 5.02 Å². The van der Waals surface area contributed by atoms with Crippen LogP contribution in [-0.4, -0.2) is 65.9 Å². The monoisotopic (exact) mass is 447 g/mol. The number of piperazine rings is 1. The third-order valence-corrected chi connectivity index (χ3v) is 6.25. The summed E-state index contributed by atoms with van der Waals surface area (Å²) >= 11 is 7.75. The van der Waals surface area contributed by atoms with E-state index in [1.165, 1.54) is 5.01 Å². The fraction of sp³-hybridized carbons (Fsp3) is 0.500. The molecule has 30 heavy (non-hydrogen) atoms. The number of nitrogens with one attached hydrogen (secondary N) is 1. The summed E-state index contributed by atoms with van der Waals surface area (Å²) in [5.41, 5.74) is 2.05. The first-order valence-electron chi connectivity index (χ1n) is 10.5. The molecule has 1 amide bonds. The maximum absolute atomic E-state index is 12.6. The van der Waals surface area contributed by atoms with Gasteiger partial charge in [-0.2, -0.15) is 0 Å². The molecule has 1 saturated heterocycles. The minimum atomic E-state index is 0.151. The van der Waals surface area contributed by atoms with Crippen LogP contribution in [0.25, 0.3) is 0 Å². The van der Waals surface area contributed by atoms with E-state index in [-0.39, 0.29) is 5.91 Å². The predicted molar refractivity (Wildman–Crippen MR) is 124 cm³/mol. The molecule has 1 N–H and O–H groups in total. The second-order valence-electron chi connectivity index (χ2n) is 7.40. The normalized spacial score (nSPS) is 14.8. The van der Waals surface area contributed by atoms with Gasteiger partial charge in [0.1, 0.15) is 0 Å². The Morgan fingerprint density at radius 1 is 1.27 bits per heavy atom. The molecule has 2 heterocycles. The quantitative estimate of drug-likeness (QED) is 0.401. The van der Waals surface area contributed by atoms with Gasteiger partial charge in [0.05, 0.1) is 11.4 Å². The molecule has 0 radical (unpaired) electrons. The highest BCUT2D eigenvalue weighted by Crippen LogP contribution is 2.13. The summed E-state index contributed by atoms with van der Waals surface area (Å²) in [7, 11) is 0. The minimum Gasteiger partial charge on any atom is -0.357 e. The van der Waals surface area contributed by atoms with Crippen molar-refractivity contribution in [2.24, 2.45) is 4.99 Å². The molecule has 0 spiro atoms. The van der Waals surface area contributed by atoms with Gasteiger partial charge in [-0.05, 0) is 38.0 Å². The number of aromatic nitrogens is 1. The summed E-state index contributed by atoms with van der Waals surface area (Å²) < 4.78 is 0. The number of nitrogens with zero attached hydrogens (tertiary/aromatic N) is 4. The van der Waals surface area contributed by atoms with Crippen molar-refractivity contribution < 1.29 is 4.79 Å². The summed E-state index contributed by atoms with van der Waals surface area (Å²) in [6.07, 6.45) is 2.35. The van der Waals surface area contributed by atoms with Gasteiger partial charge in [0.2, 0.25) is 5.91 Å². The number of benzene rings is 1. The highest BCUT2D eigenvalue weighted by molar-refractivity contribution is 7.09. The van der Waals surface area contributed by atoms with E-state index in [1.54, 1.807) is 11.3 Å². The lowest BCUT2D eigenvalue weighted by Gasteiger charge is -2.36. The summed E-state index contributed by atoms with van der Waals surface area (Å²) in [4.78, 5) is 26.1. The third kappa shape index (κ3) is 6.71. The number of amides is 1. The molecule has 1 aliphatic rings. The molecule has 2 aromatic rings. The highest BCUT2D eigenvalue weighted by Gasteiger charge is 2.23. The number of aryl methyl sites for hydroxylation is 2. The second kappa shape index (κ2) is 11.3. The van der Waals surface area contributed by atoms with Crippen LogP contribution in [0.1, 0.15) is 29.6 Å². The number of hydrogen-bond donors (Lipinski definition) is 1. The molecule has 0 unspecified atom stereocenters. The topological polar surface area (TPSA) is 60.8 Å². The zero-order valence-electron chi connectivity index (χ0n) is 17.7. The Morgan fingerprint density at radius 2 is 2.03 bits per heavy atom. The first kappa shape index (κ1) is 22.6. The van der Waals surface area contributed by atoms with Gasteiger partial charge < -0.3 is 15.1 Å². The Hall–Kier alpha value is -2.12. The number of guanidine groups is 1. The minimum absolute atomic E-state index is 0.151. The zero-order chi connectivity index (χ0) is 21.3. The van der Waals surface area contributed by atoms with Crippen molar-refractivity contribution in [2.45, 2.75) is 33.1 Å². The molecule has 0 bridgehead atoms. The third-order valence-electron chi connectivity index (χ3n) is 4.99. The number of thiazole rings is 1. The molecule has 1 fully saturated rings. The van der Waals surface area contributed by atoms with Crippen LogP contribution in [0, 0.1) is 6.92 Å². The first-order valence-corrected chi connectivity index (χ1v) is 11.8. The molecule has 1 aromatic carbocycles. The Morgan fingerprint density at radius 3 is 2.70 bits per heavy atom. The fourth-order valence-electron chi connectivity index (χ4n) is 3.46. The summed E-state index contributed by atoms with van der Waals surface area (Å²) in [5.74, 6) is 1.09. The number of carbonyl (C=O) groups is 1. The zero-order valence-corrected chi connectivity index (χ0v) is 19.3. The average molecular weight is 448 g/mol. The van der Waals surface area contributed by atoms with Crippen molar-refractivity contribution in [3.8, 4) is 0 Å². The van der Waals surface area contributed by atoms with Gasteiger partial charge in [0.15, 0.2) is 5.96 Å². The van der Waals surface area contributed by atoms with Gasteiger partial charge in [-0.15, -0.1) is 11.3 Å². The molecular weight excluding hydrogens is 418 g/mol. The molecule has 162 valence electrons. The average Bonchev–Trinajstić information content (AvgIpc) is 3.15. The van der Waals surface area contributed by atoms with Crippen molar-refractivity contribution in [3.05, 3.63) is 50.9 Å². The van der Waals surface area contributed by atoms with Crippen molar-refractivity contribution in [2.75, 3.05) is 39.3 Å². The summed E-state index contributed by atoms with van der Waals surface area (Å²) in [6.45, 7) is 8.72. The maximum atomic E-state index is 12.6. The van der Waals surface area contributed by atoms with Crippen LogP contribution in [0.3, 0.4) is 0 Å². The van der Waals surface area contributed by atoms with Crippen molar-refractivity contribution in [1.29, 1.82) is 0 Å². The Kier molecular flexibility index (Phi) is 8.51. The number of rotatable bonds is 7. The van der Waals surface area contributed by atoms with Gasteiger partial charge in [-0.1, -0.05) is 23.7 Å². The van der Waals surface area contributed by atoms with E-state index in [4.69, 9.17) is 16.6 Å². The van der Waals surface area contributed by atoms with Crippen LogP contribution in [0.15, 0.2) is 34.6 Å². The molecular formula is C22H30ClN5OS. The smallest absolute Gasteiger partial charge is 0.227 e. The largest absolute Gasteiger partial charge is 0.357 e. The van der Waals surface area contributed by atoms with E-state index in [9.17, 15) is 4.79 Å². The SMILES string of the molecule is CCNC(=NCCCc1nc(C)cs1)N1CCN(C(=O)Cc2cccc(Cl)c2)CC1. The molecule has 3 rings (SSSR count).